The highest BCUT2D eigenvalue weighted by molar-refractivity contribution is 5.98. The summed E-state index contributed by atoms with van der Waals surface area (Å²) >= 11 is 0. The Bertz CT molecular complexity index is 1220. The van der Waals surface area contributed by atoms with Crippen LogP contribution in [0.15, 0.2) is 30.6 Å². The van der Waals surface area contributed by atoms with E-state index in [0.717, 1.165) is 36.7 Å². The zero-order valence-corrected chi connectivity index (χ0v) is 20.1. The van der Waals surface area contributed by atoms with Crippen molar-refractivity contribution in [3.05, 3.63) is 41.9 Å². The molecule has 4 heterocycles. The van der Waals surface area contributed by atoms with Gasteiger partial charge in [0.2, 0.25) is 5.95 Å². The Labute approximate surface area is 204 Å². The topological polar surface area (TPSA) is 116 Å². The van der Waals surface area contributed by atoms with Crippen molar-refractivity contribution in [1.82, 2.24) is 29.3 Å². The van der Waals surface area contributed by atoms with E-state index in [2.05, 4.69) is 19.9 Å². The number of carbonyl (C=O) groups is 2. The Morgan fingerprint density at radius 1 is 1.06 bits per heavy atom. The maximum Gasteiger partial charge on any atom is 0.270 e. The van der Waals surface area contributed by atoms with Crippen LogP contribution in [0.2, 0.25) is 0 Å². The third-order valence-corrected chi connectivity index (χ3v) is 6.89. The summed E-state index contributed by atoms with van der Waals surface area (Å²) < 4.78 is 2.07. The van der Waals surface area contributed by atoms with Crippen LogP contribution in [0.4, 0.5) is 11.8 Å². The number of pyridine rings is 1. The van der Waals surface area contributed by atoms with Crippen molar-refractivity contribution in [2.45, 2.75) is 50.7 Å². The number of likely N-dealkylation sites (tertiary alicyclic amines) is 1. The SMILES string of the molecule is CN(C)C(=O)c1cc2cnc(Nc3ccc(C(=O)N4CCC(O)CC4)cn3)nc2n1C1CCCC1. The number of fused-ring (bicyclic) bond motifs is 1. The molecule has 10 heteroatoms. The first kappa shape index (κ1) is 23.2. The molecule has 0 radical (unpaired) electrons. The monoisotopic (exact) mass is 477 g/mol. The normalized spacial score (nSPS) is 17.2. The molecule has 3 aromatic heterocycles. The van der Waals surface area contributed by atoms with Gasteiger partial charge in [0.15, 0.2) is 0 Å². The van der Waals surface area contributed by atoms with Crippen molar-refractivity contribution in [1.29, 1.82) is 0 Å². The number of hydrogen-bond donors (Lipinski definition) is 2. The van der Waals surface area contributed by atoms with Crippen LogP contribution >= 0.6 is 0 Å². The van der Waals surface area contributed by atoms with Crippen molar-refractivity contribution in [3.63, 3.8) is 0 Å². The maximum absolute atomic E-state index is 12.9. The molecule has 1 saturated heterocycles. The predicted molar refractivity (Wildman–Crippen MR) is 132 cm³/mol. The predicted octanol–water partition coefficient (Wildman–Crippen LogP) is 2.98. The van der Waals surface area contributed by atoms with Gasteiger partial charge in [-0.15, -0.1) is 0 Å². The van der Waals surface area contributed by atoms with Gasteiger partial charge in [0, 0.05) is 51.0 Å². The first-order valence-electron chi connectivity index (χ1n) is 12.2. The second-order valence-corrected chi connectivity index (χ2v) is 9.59. The third kappa shape index (κ3) is 4.70. The van der Waals surface area contributed by atoms with Crippen LogP contribution in [-0.4, -0.2) is 79.5 Å². The number of aliphatic hydroxyl groups excluding tert-OH is 1. The Kier molecular flexibility index (Phi) is 6.38. The van der Waals surface area contributed by atoms with Crippen LogP contribution in [0, 0.1) is 0 Å². The molecule has 184 valence electrons. The number of aromatic nitrogens is 4. The van der Waals surface area contributed by atoms with Crippen molar-refractivity contribution in [2.24, 2.45) is 0 Å². The van der Waals surface area contributed by atoms with E-state index in [4.69, 9.17) is 4.98 Å². The van der Waals surface area contributed by atoms with Crippen LogP contribution in [-0.2, 0) is 0 Å². The van der Waals surface area contributed by atoms with Gasteiger partial charge in [0.1, 0.15) is 17.2 Å². The molecule has 1 aliphatic carbocycles. The summed E-state index contributed by atoms with van der Waals surface area (Å²) in [4.78, 5) is 42.5. The van der Waals surface area contributed by atoms with E-state index in [1.54, 1.807) is 48.4 Å². The zero-order chi connectivity index (χ0) is 24.5. The number of aliphatic hydroxyl groups is 1. The van der Waals surface area contributed by atoms with Crippen molar-refractivity contribution in [2.75, 3.05) is 32.5 Å². The second kappa shape index (κ2) is 9.61. The molecule has 35 heavy (non-hydrogen) atoms. The molecule has 10 nitrogen and oxygen atoms in total. The smallest absolute Gasteiger partial charge is 0.270 e. The molecule has 2 fully saturated rings. The number of amides is 2. The van der Waals surface area contributed by atoms with Crippen LogP contribution in [0.5, 0.6) is 0 Å². The van der Waals surface area contributed by atoms with Gasteiger partial charge in [-0.3, -0.25) is 9.59 Å². The van der Waals surface area contributed by atoms with Gasteiger partial charge in [-0.05, 0) is 43.9 Å². The lowest BCUT2D eigenvalue weighted by Gasteiger charge is -2.29. The number of rotatable bonds is 5. The lowest BCUT2D eigenvalue weighted by atomic mass is 10.1. The summed E-state index contributed by atoms with van der Waals surface area (Å²) in [6.07, 6.45) is 8.48. The molecule has 2 aliphatic rings. The fraction of sp³-hybridized carbons (Fsp3) is 0.480. The molecule has 1 aliphatic heterocycles. The molecule has 0 bridgehead atoms. The molecule has 1 saturated carbocycles. The van der Waals surface area contributed by atoms with Gasteiger partial charge in [0.05, 0.1) is 11.7 Å². The molecular weight excluding hydrogens is 446 g/mol. The van der Waals surface area contributed by atoms with Crippen molar-refractivity contribution >= 4 is 34.6 Å². The van der Waals surface area contributed by atoms with E-state index in [-0.39, 0.29) is 24.0 Å². The summed E-state index contributed by atoms with van der Waals surface area (Å²) in [5, 5.41) is 13.6. The highest BCUT2D eigenvalue weighted by Crippen LogP contribution is 2.34. The van der Waals surface area contributed by atoms with E-state index in [1.807, 2.05) is 6.07 Å². The van der Waals surface area contributed by atoms with E-state index >= 15 is 0 Å². The quantitative estimate of drug-likeness (QED) is 0.580. The summed E-state index contributed by atoms with van der Waals surface area (Å²) in [6.45, 7) is 1.10. The number of nitrogens with one attached hydrogen (secondary N) is 1. The van der Waals surface area contributed by atoms with Gasteiger partial charge < -0.3 is 24.8 Å². The average molecular weight is 478 g/mol. The standard InChI is InChI=1S/C25H31N7O3/c1-30(2)24(35)20-13-17-15-27-25(29-22(17)32(20)18-5-3-4-6-18)28-21-8-7-16(14-26-21)23(34)31-11-9-19(33)10-12-31/h7-8,13-15,18-19,33H,3-6,9-12H2,1-2H3,(H,26,27,28,29). The summed E-state index contributed by atoms with van der Waals surface area (Å²) in [5.74, 6) is 0.782. The minimum Gasteiger partial charge on any atom is -0.393 e. The Morgan fingerprint density at radius 3 is 2.46 bits per heavy atom. The second-order valence-electron chi connectivity index (χ2n) is 9.59. The number of anilines is 2. The lowest BCUT2D eigenvalue weighted by molar-refractivity contribution is 0.0546. The van der Waals surface area contributed by atoms with Gasteiger partial charge in [-0.25, -0.2) is 9.97 Å². The molecule has 2 amide bonds. The number of carbonyl (C=O) groups excluding carboxylic acids is 2. The molecule has 0 unspecified atom stereocenters. The van der Waals surface area contributed by atoms with Crippen LogP contribution in [0.3, 0.4) is 0 Å². The molecule has 0 atom stereocenters. The van der Waals surface area contributed by atoms with Crippen LogP contribution in [0.1, 0.15) is 65.4 Å². The van der Waals surface area contributed by atoms with E-state index in [0.29, 0.717) is 49.0 Å². The Balaban J connectivity index is 1.38. The summed E-state index contributed by atoms with van der Waals surface area (Å²) in [6, 6.07) is 5.58. The highest BCUT2D eigenvalue weighted by Gasteiger charge is 2.27. The molecule has 2 N–H and O–H groups in total. The number of piperidine rings is 1. The molecule has 3 aromatic rings. The van der Waals surface area contributed by atoms with Crippen LogP contribution < -0.4 is 5.32 Å². The molecule has 5 rings (SSSR count). The molecule has 0 spiro atoms. The first-order chi connectivity index (χ1) is 16.9. The average Bonchev–Trinajstić information content (AvgIpc) is 3.51. The largest absolute Gasteiger partial charge is 0.393 e. The maximum atomic E-state index is 12.9. The number of hydrogen-bond acceptors (Lipinski definition) is 7. The van der Waals surface area contributed by atoms with E-state index in [1.165, 1.54) is 0 Å². The Morgan fingerprint density at radius 2 is 1.80 bits per heavy atom. The first-order valence-corrected chi connectivity index (χ1v) is 12.2. The van der Waals surface area contributed by atoms with Crippen molar-refractivity contribution < 1.29 is 14.7 Å². The van der Waals surface area contributed by atoms with Gasteiger partial charge in [-0.1, -0.05) is 12.8 Å². The third-order valence-electron chi connectivity index (χ3n) is 6.89. The fourth-order valence-electron chi connectivity index (χ4n) is 4.95. The van der Waals surface area contributed by atoms with Crippen LogP contribution in [0.25, 0.3) is 11.0 Å². The summed E-state index contributed by atoms with van der Waals surface area (Å²) in [7, 11) is 3.51. The zero-order valence-electron chi connectivity index (χ0n) is 20.1. The fourth-order valence-corrected chi connectivity index (χ4v) is 4.95. The van der Waals surface area contributed by atoms with Gasteiger partial charge in [0.25, 0.3) is 11.8 Å². The minimum absolute atomic E-state index is 0.0467. The highest BCUT2D eigenvalue weighted by atomic mass is 16.3. The van der Waals surface area contributed by atoms with Gasteiger partial charge >= 0.3 is 0 Å². The summed E-state index contributed by atoms with van der Waals surface area (Å²) in [5.41, 5.74) is 1.87. The lowest BCUT2D eigenvalue weighted by Crippen LogP contribution is -2.40. The minimum atomic E-state index is -0.326. The Hall–Kier alpha value is -3.53. The molecule has 0 aromatic carbocycles. The van der Waals surface area contributed by atoms with E-state index < -0.39 is 0 Å². The van der Waals surface area contributed by atoms with Gasteiger partial charge in [-0.2, -0.15) is 4.98 Å². The molecular formula is C25H31N7O3. The van der Waals surface area contributed by atoms with Crippen molar-refractivity contribution in [3.8, 4) is 0 Å². The van der Waals surface area contributed by atoms with E-state index in [9.17, 15) is 14.7 Å². The number of nitrogens with zero attached hydrogens (tertiary/aromatic N) is 6.